The van der Waals surface area contributed by atoms with Gasteiger partial charge in [0.25, 0.3) is 0 Å². The summed E-state index contributed by atoms with van der Waals surface area (Å²) < 4.78 is 45.7. The van der Waals surface area contributed by atoms with E-state index in [-0.39, 0.29) is 17.4 Å². The number of benzene rings is 3. The van der Waals surface area contributed by atoms with Crippen molar-refractivity contribution < 1.29 is 22.7 Å². The van der Waals surface area contributed by atoms with Crippen molar-refractivity contribution in [2.45, 2.75) is 12.3 Å². The van der Waals surface area contributed by atoms with Crippen LogP contribution in [-0.4, -0.2) is 18.1 Å². The number of pyridine rings is 1. The van der Waals surface area contributed by atoms with Gasteiger partial charge in [0.2, 0.25) is 0 Å². The fourth-order valence-electron chi connectivity index (χ4n) is 4.07. The minimum Gasteiger partial charge on any atom is -0.465 e. The van der Waals surface area contributed by atoms with Crippen LogP contribution in [0.2, 0.25) is 0 Å². The third-order valence-corrected chi connectivity index (χ3v) is 9.96. The van der Waals surface area contributed by atoms with Gasteiger partial charge in [0.1, 0.15) is 35.0 Å². The number of ether oxygens (including phenoxy) is 1. The number of rotatable bonds is 6. The van der Waals surface area contributed by atoms with Crippen LogP contribution in [-0.2, 0) is 17.1 Å². The summed E-state index contributed by atoms with van der Waals surface area (Å²) in [6.45, 7) is 0. The Morgan fingerprint density at radius 2 is 1.21 bits per heavy atom. The fraction of sp³-hybridized carbons (Fsp3) is 0.111. The van der Waals surface area contributed by atoms with Gasteiger partial charge in [-0.05, 0) is 48.5 Å². The third-order valence-electron chi connectivity index (χ3n) is 5.65. The molecule has 3 aromatic carbocycles. The molecule has 0 radical (unpaired) electrons. The van der Waals surface area contributed by atoms with E-state index in [1.54, 1.807) is 0 Å². The highest BCUT2D eigenvalue weighted by Gasteiger charge is 2.47. The number of alkyl halides is 3. The molecule has 0 bridgehead atoms. The van der Waals surface area contributed by atoms with Gasteiger partial charge >= 0.3 is 12.1 Å². The van der Waals surface area contributed by atoms with Crippen molar-refractivity contribution in [1.29, 1.82) is 0 Å². The Morgan fingerprint density at radius 3 is 1.59 bits per heavy atom. The average molecular weight is 480 g/mol. The van der Waals surface area contributed by atoms with Crippen LogP contribution in [0.4, 0.5) is 13.2 Å². The highest BCUT2D eigenvalue weighted by Crippen LogP contribution is 2.58. The predicted octanol–water partition coefficient (Wildman–Crippen LogP) is 5.38. The minimum absolute atomic E-state index is 0.0302. The van der Waals surface area contributed by atoms with Crippen LogP contribution in [0.25, 0.3) is 0 Å². The molecule has 0 saturated heterocycles. The number of aromatic nitrogens is 1. The second-order valence-corrected chi connectivity index (χ2v) is 11.1. The summed E-state index contributed by atoms with van der Waals surface area (Å²) in [5.74, 6) is -0.719. The molecular formula is C27H22F3NO2P+. The van der Waals surface area contributed by atoms with Crippen LogP contribution in [0.15, 0.2) is 103 Å². The van der Waals surface area contributed by atoms with Gasteiger partial charge in [0.05, 0.1) is 18.4 Å². The SMILES string of the molecule is COC(=O)c1ccc(C(F)(F)F)nc1C[P+](c1ccccc1)(c1ccccc1)c1ccccc1. The Hall–Kier alpha value is -3.50. The van der Waals surface area contributed by atoms with E-state index in [0.717, 1.165) is 28.0 Å². The quantitative estimate of drug-likeness (QED) is 0.275. The molecular weight excluding hydrogens is 458 g/mol. The van der Waals surface area contributed by atoms with Crippen molar-refractivity contribution >= 4 is 29.1 Å². The highest BCUT2D eigenvalue weighted by atomic mass is 31.2. The van der Waals surface area contributed by atoms with Crippen molar-refractivity contribution in [3.63, 3.8) is 0 Å². The summed E-state index contributed by atoms with van der Waals surface area (Å²) in [7, 11) is -1.36. The highest BCUT2D eigenvalue weighted by molar-refractivity contribution is 7.95. The molecule has 0 aliphatic carbocycles. The minimum atomic E-state index is -4.64. The van der Waals surface area contributed by atoms with E-state index in [9.17, 15) is 18.0 Å². The topological polar surface area (TPSA) is 39.2 Å². The second kappa shape index (κ2) is 9.78. The van der Waals surface area contributed by atoms with E-state index in [1.165, 1.54) is 7.11 Å². The molecule has 0 atom stereocenters. The lowest BCUT2D eigenvalue weighted by Gasteiger charge is -2.28. The smallest absolute Gasteiger partial charge is 0.433 e. The summed E-state index contributed by atoms with van der Waals surface area (Å²) in [5.41, 5.74) is -0.948. The van der Waals surface area contributed by atoms with E-state index >= 15 is 0 Å². The first kappa shape index (κ1) is 23.7. The number of methoxy groups -OCH3 is 1. The maximum absolute atomic E-state index is 13.6. The molecule has 0 amide bonds. The molecule has 3 nitrogen and oxygen atoms in total. The number of carbonyl (C=O) groups is 1. The number of nitrogens with zero attached hydrogens (tertiary/aromatic N) is 1. The fourth-order valence-corrected chi connectivity index (χ4v) is 8.24. The van der Waals surface area contributed by atoms with Crippen molar-refractivity contribution in [3.05, 3.63) is 120 Å². The Labute approximate surface area is 196 Å². The molecule has 1 heterocycles. The average Bonchev–Trinajstić information content (AvgIpc) is 2.87. The van der Waals surface area contributed by atoms with E-state index in [2.05, 4.69) is 4.98 Å². The molecule has 4 rings (SSSR count). The molecule has 172 valence electrons. The van der Waals surface area contributed by atoms with Crippen molar-refractivity contribution in [3.8, 4) is 0 Å². The largest absolute Gasteiger partial charge is 0.465 e. The first-order valence-corrected chi connectivity index (χ1v) is 12.5. The van der Waals surface area contributed by atoms with Crippen molar-refractivity contribution in [2.24, 2.45) is 0 Å². The van der Waals surface area contributed by atoms with Crippen LogP contribution < -0.4 is 15.9 Å². The molecule has 0 aliphatic rings. The third kappa shape index (κ3) is 4.59. The molecule has 34 heavy (non-hydrogen) atoms. The van der Waals surface area contributed by atoms with Gasteiger partial charge in [-0.25, -0.2) is 9.78 Å². The zero-order chi connectivity index (χ0) is 24.2. The van der Waals surface area contributed by atoms with Crippen molar-refractivity contribution in [2.75, 3.05) is 7.11 Å². The number of esters is 1. The van der Waals surface area contributed by atoms with Gasteiger partial charge in [-0.15, -0.1) is 0 Å². The summed E-state index contributed by atoms with van der Waals surface area (Å²) >= 11 is 0. The molecule has 0 N–H and O–H groups in total. The van der Waals surface area contributed by atoms with Gasteiger partial charge in [0, 0.05) is 0 Å². The predicted molar refractivity (Wildman–Crippen MR) is 129 cm³/mol. The van der Waals surface area contributed by atoms with Crippen LogP contribution in [0, 0.1) is 0 Å². The van der Waals surface area contributed by atoms with Gasteiger partial charge in [0.15, 0.2) is 0 Å². The number of hydrogen-bond acceptors (Lipinski definition) is 3. The molecule has 0 aliphatic heterocycles. The van der Waals surface area contributed by atoms with Crippen LogP contribution in [0.1, 0.15) is 21.7 Å². The first-order valence-electron chi connectivity index (χ1n) is 10.6. The Morgan fingerprint density at radius 1 is 0.765 bits per heavy atom. The number of carbonyl (C=O) groups excluding carboxylic acids is 1. The van der Waals surface area contributed by atoms with Gasteiger partial charge in [-0.2, -0.15) is 13.2 Å². The summed E-state index contributed by atoms with van der Waals surface area (Å²) in [6.07, 6.45) is -4.52. The Balaban J connectivity index is 2.04. The lowest BCUT2D eigenvalue weighted by molar-refractivity contribution is -0.141. The second-order valence-electron chi connectivity index (χ2n) is 7.65. The molecule has 7 heteroatoms. The van der Waals surface area contributed by atoms with Crippen molar-refractivity contribution in [1.82, 2.24) is 4.98 Å². The van der Waals surface area contributed by atoms with Crippen LogP contribution >= 0.6 is 7.26 Å². The molecule has 4 aromatic rings. The standard InChI is InChI=1S/C27H22F3NO2P/c1-33-26(32)23-17-18-25(27(28,29)30)31-24(23)19-34(20-11-5-2-6-12-20,21-13-7-3-8-14-21)22-15-9-4-10-16-22/h2-18H,19H2,1H3/q+1. The maximum Gasteiger partial charge on any atom is 0.433 e. The van der Waals surface area contributed by atoms with E-state index < -0.39 is 25.1 Å². The zero-order valence-corrected chi connectivity index (χ0v) is 19.3. The molecule has 0 spiro atoms. The van der Waals surface area contributed by atoms with E-state index in [1.807, 2.05) is 91.0 Å². The Bertz CT molecular complexity index is 1170. The Kier molecular flexibility index (Phi) is 6.80. The lowest BCUT2D eigenvalue weighted by atomic mass is 10.2. The van der Waals surface area contributed by atoms with Gasteiger partial charge < -0.3 is 4.74 Å². The molecule has 0 fully saturated rings. The van der Waals surface area contributed by atoms with Crippen LogP contribution in [0.5, 0.6) is 0 Å². The number of hydrogen-bond donors (Lipinski definition) is 0. The van der Waals surface area contributed by atoms with Gasteiger partial charge in [-0.1, -0.05) is 54.6 Å². The monoisotopic (exact) mass is 480 g/mol. The first-order chi connectivity index (χ1) is 16.4. The normalized spacial score (nSPS) is 11.8. The summed E-state index contributed by atoms with van der Waals surface area (Å²) in [5, 5.41) is 2.92. The molecule has 0 unspecified atom stereocenters. The lowest BCUT2D eigenvalue weighted by Crippen LogP contribution is -2.33. The van der Waals surface area contributed by atoms with E-state index in [0.29, 0.717) is 0 Å². The number of halogens is 3. The van der Waals surface area contributed by atoms with E-state index in [4.69, 9.17) is 4.74 Å². The summed E-state index contributed by atoms with van der Waals surface area (Å²) in [4.78, 5) is 16.5. The maximum atomic E-state index is 13.6. The van der Waals surface area contributed by atoms with Gasteiger partial charge in [-0.3, -0.25) is 0 Å². The zero-order valence-electron chi connectivity index (χ0n) is 18.4. The van der Waals surface area contributed by atoms with Crippen LogP contribution in [0.3, 0.4) is 0 Å². The summed E-state index contributed by atoms with van der Waals surface area (Å²) in [6, 6.07) is 31.1. The molecule has 0 saturated carbocycles. The molecule has 1 aromatic heterocycles.